The minimum atomic E-state index is 0.325. The highest BCUT2D eigenvalue weighted by molar-refractivity contribution is 6.30. The fourth-order valence-electron chi connectivity index (χ4n) is 2.26. The molecule has 8 heteroatoms. The molecular formula is C17H13ClN6O. The van der Waals surface area contributed by atoms with E-state index < -0.39 is 0 Å². The molecule has 0 bridgehead atoms. The van der Waals surface area contributed by atoms with Gasteiger partial charge in [0.05, 0.1) is 0 Å². The standard InChI is InChI=1S/C17H13ClN6O/c1-10-2-6-12(7-3-10)19-14-15(20-13-8-4-11(18)5-9-13)22-17-16(21-14)23-25-24-17/h2-9H,1H3,(H,19,21,23)(H,20,22,24). The third-order valence-electron chi connectivity index (χ3n) is 3.54. The number of benzene rings is 2. The molecule has 2 N–H and O–H groups in total. The lowest BCUT2D eigenvalue weighted by Crippen LogP contribution is -2.03. The second kappa shape index (κ2) is 6.37. The fourth-order valence-corrected chi connectivity index (χ4v) is 2.38. The van der Waals surface area contributed by atoms with Crippen LogP contribution >= 0.6 is 11.6 Å². The molecule has 0 atom stereocenters. The zero-order valence-electron chi connectivity index (χ0n) is 13.2. The molecule has 0 fully saturated rings. The van der Waals surface area contributed by atoms with Gasteiger partial charge in [-0.2, -0.15) is 0 Å². The molecule has 2 aromatic heterocycles. The number of halogens is 1. The first kappa shape index (κ1) is 15.3. The summed E-state index contributed by atoms with van der Waals surface area (Å²) in [5.74, 6) is 1.02. The second-order valence-corrected chi connectivity index (χ2v) is 5.89. The van der Waals surface area contributed by atoms with E-state index in [2.05, 4.69) is 30.9 Å². The van der Waals surface area contributed by atoms with Crippen LogP contribution in [0.5, 0.6) is 0 Å². The third kappa shape index (κ3) is 3.36. The molecule has 2 heterocycles. The van der Waals surface area contributed by atoms with E-state index in [1.807, 2.05) is 43.3 Å². The number of fused-ring (bicyclic) bond motifs is 1. The summed E-state index contributed by atoms with van der Waals surface area (Å²) >= 11 is 5.93. The van der Waals surface area contributed by atoms with Crippen LogP contribution in [0.3, 0.4) is 0 Å². The van der Waals surface area contributed by atoms with Gasteiger partial charge < -0.3 is 10.6 Å². The van der Waals surface area contributed by atoms with Gasteiger partial charge in [-0.15, -0.1) is 0 Å². The number of rotatable bonds is 4. The summed E-state index contributed by atoms with van der Waals surface area (Å²) in [5, 5.41) is 14.6. The van der Waals surface area contributed by atoms with Gasteiger partial charge in [-0.1, -0.05) is 29.3 Å². The van der Waals surface area contributed by atoms with Crippen LogP contribution in [-0.2, 0) is 0 Å². The van der Waals surface area contributed by atoms with Crippen molar-refractivity contribution in [3.8, 4) is 0 Å². The first-order valence-corrected chi connectivity index (χ1v) is 7.92. The normalized spacial score (nSPS) is 10.8. The van der Waals surface area contributed by atoms with Gasteiger partial charge in [0.15, 0.2) is 11.6 Å². The molecule has 4 rings (SSSR count). The Labute approximate surface area is 148 Å². The third-order valence-corrected chi connectivity index (χ3v) is 3.79. The van der Waals surface area contributed by atoms with Gasteiger partial charge in [0.1, 0.15) is 0 Å². The van der Waals surface area contributed by atoms with E-state index in [-0.39, 0.29) is 0 Å². The highest BCUT2D eigenvalue weighted by Crippen LogP contribution is 2.27. The monoisotopic (exact) mass is 352 g/mol. The lowest BCUT2D eigenvalue weighted by atomic mass is 10.2. The average Bonchev–Trinajstić information content (AvgIpc) is 3.06. The Balaban J connectivity index is 1.72. The lowest BCUT2D eigenvalue weighted by molar-refractivity contribution is 0.314. The number of hydrogen-bond donors (Lipinski definition) is 2. The highest BCUT2D eigenvalue weighted by Gasteiger charge is 2.13. The highest BCUT2D eigenvalue weighted by atomic mass is 35.5. The SMILES string of the molecule is Cc1ccc(Nc2nc3nonc3nc2Nc2ccc(Cl)cc2)cc1. The summed E-state index contributed by atoms with van der Waals surface area (Å²) in [4.78, 5) is 8.87. The predicted octanol–water partition coefficient (Wildman–Crippen LogP) is 4.46. The van der Waals surface area contributed by atoms with Gasteiger partial charge in [0, 0.05) is 16.4 Å². The molecule has 0 aliphatic carbocycles. The van der Waals surface area contributed by atoms with Crippen molar-refractivity contribution in [2.24, 2.45) is 0 Å². The smallest absolute Gasteiger partial charge is 0.245 e. The summed E-state index contributed by atoms with van der Waals surface area (Å²) in [6.45, 7) is 2.03. The molecule has 0 saturated carbocycles. The molecule has 0 saturated heterocycles. The second-order valence-electron chi connectivity index (χ2n) is 5.46. The van der Waals surface area contributed by atoms with E-state index in [0.717, 1.165) is 11.4 Å². The predicted molar refractivity (Wildman–Crippen MR) is 96.6 cm³/mol. The van der Waals surface area contributed by atoms with Crippen LogP contribution in [0.15, 0.2) is 53.2 Å². The van der Waals surface area contributed by atoms with Crippen molar-refractivity contribution < 1.29 is 4.63 Å². The maximum absolute atomic E-state index is 5.93. The van der Waals surface area contributed by atoms with Gasteiger partial charge in [0.25, 0.3) is 0 Å². The summed E-state index contributed by atoms with van der Waals surface area (Å²) in [6.07, 6.45) is 0. The minimum Gasteiger partial charge on any atom is -0.337 e. The Morgan fingerprint density at radius 1 is 0.760 bits per heavy atom. The molecule has 4 aromatic rings. The fraction of sp³-hybridized carbons (Fsp3) is 0.0588. The maximum Gasteiger partial charge on any atom is 0.245 e. The number of nitrogens with zero attached hydrogens (tertiary/aromatic N) is 4. The Morgan fingerprint density at radius 3 is 1.76 bits per heavy atom. The van der Waals surface area contributed by atoms with Crippen molar-refractivity contribution in [2.75, 3.05) is 10.6 Å². The van der Waals surface area contributed by atoms with Crippen LogP contribution in [0.2, 0.25) is 5.02 Å². The molecule has 0 unspecified atom stereocenters. The first-order chi connectivity index (χ1) is 12.2. The molecule has 0 aliphatic heterocycles. The molecule has 7 nitrogen and oxygen atoms in total. The number of aromatic nitrogens is 4. The Kier molecular flexibility index (Phi) is 3.91. The summed E-state index contributed by atoms with van der Waals surface area (Å²) in [6, 6.07) is 15.2. The van der Waals surface area contributed by atoms with Gasteiger partial charge >= 0.3 is 0 Å². The van der Waals surface area contributed by atoms with Crippen molar-refractivity contribution in [2.45, 2.75) is 6.92 Å². The molecule has 0 aliphatic rings. The Morgan fingerprint density at radius 2 is 1.24 bits per heavy atom. The molecular weight excluding hydrogens is 340 g/mol. The Bertz CT molecular complexity index is 932. The zero-order valence-corrected chi connectivity index (χ0v) is 13.9. The Hall–Kier alpha value is -3.19. The van der Waals surface area contributed by atoms with Crippen molar-refractivity contribution >= 4 is 45.9 Å². The van der Waals surface area contributed by atoms with E-state index in [9.17, 15) is 0 Å². The van der Waals surface area contributed by atoms with E-state index in [4.69, 9.17) is 16.2 Å². The summed E-state index contributed by atoms with van der Waals surface area (Å²) < 4.78 is 4.71. The first-order valence-electron chi connectivity index (χ1n) is 7.54. The van der Waals surface area contributed by atoms with Crippen LogP contribution in [0, 0.1) is 6.92 Å². The van der Waals surface area contributed by atoms with E-state index in [0.29, 0.717) is 28.0 Å². The largest absolute Gasteiger partial charge is 0.337 e. The van der Waals surface area contributed by atoms with Crippen LogP contribution in [0.1, 0.15) is 5.56 Å². The molecule has 0 spiro atoms. The van der Waals surface area contributed by atoms with E-state index in [1.165, 1.54) is 5.56 Å². The lowest BCUT2D eigenvalue weighted by Gasteiger charge is -2.12. The molecule has 0 radical (unpaired) electrons. The maximum atomic E-state index is 5.93. The topological polar surface area (TPSA) is 88.8 Å². The average molecular weight is 353 g/mol. The van der Waals surface area contributed by atoms with Gasteiger partial charge in [-0.25, -0.2) is 14.6 Å². The summed E-state index contributed by atoms with van der Waals surface area (Å²) in [7, 11) is 0. The number of aryl methyl sites for hydroxylation is 1. The number of anilines is 4. The van der Waals surface area contributed by atoms with Crippen molar-refractivity contribution in [3.63, 3.8) is 0 Å². The van der Waals surface area contributed by atoms with Crippen LogP contribution in [-0.4, -0.2) is 20.3 Å². The van der Waals surface area contributed by atoms with Crippen molar-refractivity contribution in [1.29, 1.82) is 0 Å². The molecule has 2 aromatic carbocycles. The van der Waals surface area contributed by atoms with Crippen LogP contribution in [0.4, 0.5) is 23.0 Å². The molecule has 124 valence electrons. The number of nitrogens with one attached hydrogen (secondary N) is 2. The van der Waals surface area contributed by atoms with Gasteiger partial charge in [-0.3, -0.25) is 0 Å². The van der Waals surface area contributed by atoms with E-state index in [1.54, 1.807) is 12.1 Å². The van der Waals surface area contributed by atoms with Gasteiger partial charge in [-0.05, 0) is 53.6 Å². The van der Waals surface area contributed by atoms with Crippen LogP contribution in [0.25, 0.3) is 11.3 Å². The number of hydrogen-bond acceptors (Lipinski definition) is 7. The minimum absolute atomic E-state index is 0.325. The van der Waals surface area contributed by atoms with E-state index >= 15 is 0 Å². The quantitative estimate of drug-likeness (QED) is 0.560. The van der Waals surface area contributed by atoms with Crippen molar-refractivity contribution in [1.82, 2.24) is 20.3 Å². The van der Waals surface area contributed by atoms with Crippen molar-refractivity contribution in [3.05, 3.63) is 59.1 Å². The zero-order chi connectivity index (χ0) is 17.2. The molecule has 0 amide bonds. The van der Waals surface area contributed by atoms with Gasteiger partial charge in [0.2, 0.25) is 11.3 Å². The van der Waals surface area contributed by atoms with Crippen LogP contribution < -0.4 is 10.6 Å². The summed E-state index contributed by atoms with van der Waals surface area (Å²) in [5.41, 5.74) is 3.53. The molecule has 25 heavy (non-hydrogen) atoms.